The lowest BCUT2D eigenvalue weighted by Crippen LogP contribution is -2.63. The van der Waals surface area contributed by atoms with Crippen molar-refractivity contribution < 1.29 is 17.9 Å². The Morgan fingerprint density at radius 3 is 2.50 bits per heavy atom. The number of halogens is 1. The van der Waals surface area contributed by atoms with E-state index >= 15 is 0 Å². The van der Waals surface area contributed by atoms with Gasteiger partial charge in [0, 0.05) is 22.9 Å². The molecule has 28 heavy (non-hydrogen) atoms. The molecule has 0 spiro atoms. The summed E-state index contributed by atoms with van der Waals surface area (Å²) in [7, 11) is -3.90. The molecule has 2 heterocycles. The first-order valence-electron chi connectivity index (χ1n) is 9.25. The third-order valence-corrected chi connectivity index (χ3v) is 7.91. The van der Waals surface area contributed by atoms with Gasteiger partial charge in [0.05, 0.1) is 4.90 Å². The lowest BCUT2D eigenvalue weighted by Gasteiger charge is -2.46. The summed E-state index contributed by atoms with van der Waals surface area (Å²) >= 11 is 6.14. The molecule has 1 amide bonds. The van der Waals surface area contributed by atoms with E-state index in [0.29, 0.717) is 28.7 Å². The van der Waals surface area contributed by atoms with Crippen LogP contribution in [-0.2, 0) is 14.6 Å². The van der Waals surface area contributed by atoms with Crippen molar-refractivity contribution in [1.29, 1.82) is 0 Å². The minimum Gasteiger partial charge on any atom is -0.468 e. The fourth-order valence-corrected chi connectivity index (χ4v) is 6.13. The molecule has 5 nitrogen and oxygen atoms in total. The number of rotatable bonds is 3. The molecule has 0 saturated carbocycles. The van der Waals surface area contributed by atoms with Gasteiger partial charge in [-0.1, -0.05) is 37.6 Å². The number of sulfone groups is 1. The Labute approximate surface area is 170 Å². The minimum absolute atomic E-state index is 0.149. The van der Waals surface area contributed by atoms with E-state index < -0.39 is 32.6 Å². The zero-order valence-electron chi connectivity index (χ0n) is 15.9. The largest absolute Gasteiger partial charge is 0.468 e. The van der Waals surface area contributed by atoms with E-state index in [1.807, 2.05) is 13.8 Å². The van der Waals surface area contributed by atoms with E-state index in [2.05, 4.69) is 5.32 Å². The van der Waals surface area contributed by atoms with Gasteiger partial charge in [-0.3, -0.25) is 4.79 Å². The van der Waals surface area contributed by atoms with Crippen LogP contribution in [0.4, 0.5) is 0 Å². The molecule has 3 atom stereocenters. The van der Waals surface area contributed by atoms with Gasteiger partial charge in [0.2, 0.25) is 5.91 Å². The number of nitrogens with one attached hydrogen (secondary N) is 1. The molecule has 1 fully saturated rings. The van der Waals surface area contributed by atoms with Crippen LogP contribution < -0.4 is 10.1 Å². The van der Waals surface area contributed by atoms with Crippen LogP contribution in [0.5, 0.6) is 5.75 Å². The van der Waals surface area contributed by atoms with Gasteiger partial charge in [0.15, 0.2) is 20.8 Å². The number of amides is 1. The van der Waals surface area contributed by atoms with E-state index in [4.69, 9.17) is 16.3 Å². The molecule has 4 rings (SSSR count). The van der Waals surface area contributed by atoms with Crippen molar-refractivity contribution in [3.05, 3.63) is 58.6 Å². The second-order valence-electron chi connectivity index (χ2n) is 8.00. The van der Waals surface area contributed by atoms with Crippen LogP contribution in [-0.4, -0.2) is 25.3 Å². The summed E-state index contributed by atoms with van der Waals surface area (Å²) in [5.74, 6) is -0.230. The second kappa shape index (κ2) is 6.49. The summed E-state index contributed by atoms with van der Waals surface area (Å²) in [5.41, 5.74) is 0.769. The highest BCUT2D eigenvalue weighted by molar-refractivity contribution is 7.92. The van der Waals surface area contributed by atoms with Crippen LogP contribution in [0.15, 0.2) is 47.4 Å². The molecule has 0 aromatic heterocycles. The van der Waals surface area contributed by atoms with Gasteiger partial charge in [-0.2, -0.15) is 0 Å². The second-order valence-corrected chi connectivity index (χ2v) is 10.5. The van der Waals surface area contributed by atoms with Gasteiger partial charge in [-0.15, -0.1) is 0 Å². The van der Waals surface area contributed by atoms with Crippen molar-refractivity contribution in [1.82, 2.24) is 5.32 Å². The van der Waals surface area contributed by atoms with E-state index in [9.17, 15) is 13.2 Å². The molecule has 7 heteroatoms. The molecule has 0 unspecified atom stereocenters. The fraction of sp³-hybridized carbons (Fsp3) is 0.381. The molecule has 1 N–H and O–H groups in total. The van der Waals surface area contributed by atoms with Crippen LogP contribution in [0.3, 0.4) is 0 Å². The number of hydrogen-bond donors (Lipinski definition) is 1. The highest BCUT2D eigenvalue weighted by atomic mass is 35.5. The maximum Gasteiger partial charge on any atom is 0.242 e. The highest BCUT2D eigenvalue weighted by Gasteiger charge is 2.54. The Morgan fingerprint density at radius 2 is 1.86 bits per heavy atom. The maximum absolute atomic E-state index is 13.4. The normalized spacial score (nSPS) is 26.4. The van der Waals surface area contributed by atoms with Crippen molar-refractivity contribution in [2.75, 3.05) is 0 Å². The first kappa shape index (κ1) is 19.3. The monoisotopic (exact) mass is 419 g/mol. The van der Waals surface area contributed by atoms with Gasteiger partial charge in [0.25, 0.3) is 0 Å². The number of carbonyl (C=O) groups excluding carboxylic acids is 1. The summed E-state index contributed by atoms with van der Waals surface area (Å²) in [5, 5.41) is 2.01. The average Bonchev–Trinajstić information content (AvgIpc) is 2.61. The van der Waals surface area contributed by atoms with Crippen LogP contribution in [0.25, 0.3) is 0 Å². The van der Waals surface area contributed by atoms with Gasteiger partial charge < -0.3 is 10.1 Å². The molecule has 148 valence electrons. The highest BCUT2D eigenvalue weighted by Crippen LogP contribution is 2.47. The summed E-state index contributed by atoms with van der Waals surface area (Å²) in [6.07, 6.45) is 0.361. The van der Waals surface area contributed by atoms with E-state index in [-0.39, 0.29) is 4.90 Å². The lowest BCUT2D eigenvalue weighted by atomic mass is 9.81. The minimum atomic E-state index is -3.90. The topological polar surface area (TPSA) is 72.5 Å². The van der Waals surface area contributed by atoms with Gasteiger partial charge in [-0.25, -0.2) is 8.42 Å². The SMILES string of the molecule is CC(C)c1ccc(S(=O)(=O)[C@@H]2C(=O)N[C@]3(C)C[C@H]2c2cc(Cl)ccc2O3)cc1. The van der Waals surface area contributed by atoms with Crippen LogP contribution in [0, 0.1) is 0 Å². The summed E-state index contributed by atoms with van der Waals surface area (Å²) < 4.78 is 32.8. The Kier molecular flexibility index (Phi) is 4.47. The maximum atomic E-state index is 13.4. The molecular formula is C21H22ClNO4S. The fourth-order valence-electron chi connectivity index (χ4n) is 4.12. The van der Waals surface area contributed by atoms with Crippen molar-refractivity contribution in [3.8, 4) is 5.75 Å². The third-order valence-electron chi connectivity index (χ3n) is 5.54. The van der Waals surface area contributed by atoms with Gasteiger partial charge >= 0.3 is 0 Å². The Morgan fingerprint density at radius 1 is 1.18 bits per heavy atom. The molecule has 2 aliphatic rings. The predicted octanol–water partition coefficient (Wildman–Crippen LogP) is 4.02. The lowest BCUT2D eigenvalue weighted by molar-refractivity contribution is -0.132. The standard InChI is InChI=1S/C21H22ClNO4S/c1-12(2)13-4-7-15(8-5-13)28(25,26)19-17-11-21(3,23-20(19)24)27-18-9-6-14(22)10-16(17)18/h4-10,12,17,19H,11H2,1-3H3,(H,23,24)/t17-,19-,21-/m0/s1. The number of piperidine rings is 1. The zero-order chi connectivity index (χ0) is 20.3. The molecule has 1 saturated heterocycles. The summed E-state index contributed by atoms with van der Waals surface area (Å²) in [6, 6.07) is 11.9. The average molecular weight is 420 g/mol. The van der Waals surface area contributed by atoms with Crippen LogP contribution in [0.2, 0.25) is 5.02 Å². The first-order chi connectivity index (χ1) is 13.1. The number of carbonyl (C=O) groups is 1. The molecule has 2 aromatic carbocycles. The molecule has 2 aromatic rings. The number of benzene rings is 2. The predicted molar refractivity (Wildman–Crippen MR) is 107 cm³/mol. The molecular weight excluding hydrogens is 398 g/mol. The van der Waals surface area contributed by atoms with Crippen LogP contribution in [0.1, 0.15) is 50.2 Å². The molecule has 2 aliphatic heterocycles. The van der Waals surface area contributed by atoms with Gasteiger partial charge in [-0.05, 0) is 48.7 Å². The Bertz CT molecular complexity index is 1050. The first-order valence-corrected chi connectivity index (χ1v) is 11.2. The van der Waals surface area contributed by atoms with E-state index in [0.717, 1.165) is 5.56 Å². The van der Waals surface area contributed by atoms with Crippen molar-refractivity contribution >= 4 is 27.3 Å². The number of fused-ring (bicyclic) bond motifs is 4. The zero-order valence-corrected chi connectivity index (χ0v) is 17.5. The molecule has 0 radical (unpaired) electrons. The number of ether oxygens (including phenoxy) is 1. The van der Waals surface area contributed by atoms with Crippen molar-refractivity contribution in [3.63, 3.8) is 0 Å². The smallest absolute Gasteiger partial charge is 0.242 e. The van der Waals surface area contributed by atoms with Crippen LogP contribution >= 0.6 is 11.6 Å². The Balaban J connectivity index is 1.81. The van der Waals surface area contributed by atoms with E-state index in [1.54, 1.807) is 49.4 Å². The molecule has 0 aliphatic carbocycles. The number of hydrogen-bond acceptors (Lipinski definition) is 4. The van der Waals surface area contributed by atoms with Crippen molar-refractivity contribution in [2.24, 2.45) is 0 Å². The summed E-state index contributed by atoms with van der Waals surface area (Å²) in [4.78, 5) is 13.0. The summed E-state index contributed by atoms with van der Waals surface area (Å²) in [6.45, 7) is 5.85. The third kappa shape index (κ3) is 3.08. The molecule has 2 bridgehead atoms. The van der Waals surface area contributed by atoms with Crippen molar-refractivity contribution in [2.45, 2.75) is 54.9 Å². The quantitative estimate of drug-likeness (QED) is 0.815. The Hall–Kier alpha value is -2.05. The van der Waals surface area contributed by atoms with Gasteiger partial charge in [0.1, 0.15) is 5.75 Å². The van der Waals surface area contributed by atoms with E-state index in [1.165, 1.54) is 0 Å².